The van der Waals surface area contributed by atoms with Crippen LogP contribution in [0.4, 0.5) is 11.4 Å². The van der Waals surface area contributed by atoms with Crippen LogP contribution >= 0.6 is 0 Å². The second-order valence-electron chi connectivity index (χ2n) is 9.30. The van der Waals surface area contributed by atoms with Gasteiger partial charge in [0.1, 0.15) is 0 Å². The molecule has 1 aromatic carbocycles. The van der Waals surface area contributed by atoms with E-state index in [0.29, 0.717) is 30.6 Å². The molecule has 3 heterocycles. The van der Waals surface area contributed by atoms with Gasteiger partial charge in [-0.25, -0.2) is 0 Å². The van der Waals surface area contributed by atoms with Crippen LogP contribution in [0, 0.1) is 0 Å². The average molecular weight is 471 g/mol. The summed E-state index contributed by atoms with van der Waals surface area (Å²) in [6, 6.07) is 14.3. The minimum Gasteiger partial charge on any atom is -0.377 e. The molecule has 2 aromatic heterocycles. The summed E-state index contributed by atoms with van der Waals surface area (Å²) in [4.78, 5) is 37.6. The van der Waals surface area contributed by atoms with E-state index in [-0.39, 0.29) is 11.9 Å². The maximum absolute atomic E-state index is 12.5. The van der Waals surface area contributed by atoms with Gasteiger partial charge >= 0.3 is 0 Å². The first-order chi connectivity index (χ1) is 17.0. The van der Waals surface area contributed by atoms with Gasteiger partial charge in [0.25, 0.3) is 5.91 Å². The first kappa shape index (κ1) is 23.0. The van der Waals surface area contributed by atoms with Gasteiger partial charge in [-0.1, -0.05) is 24.3 Å². The zero-order chi connectivity index (χ0) is 24.4. The first-order valence-corrected chi connectivity index (χ1v) is 12.0. The monoisotopic (exact) mass is 470 g/mol. The molecule has 3 aromatic rings. The van der Waals surface area contributed by atoms with Crippen LogP contribution in [-0.2, 0) is 17.6 Å². The second kappa shape index (κ2) is 9.84. The van der Waals surface area contributed by atoms with E-state index in [9.17, 15) is 9.59 Å². The van der Waals surface area contributed by atoms with Crippen molar-refractivity contribution in [2.75, 3.05) is 36.9 Å². The Labute approximate surface area is 205 Å². The summed E-state index contributed by atoms with van der Waals surface area (Å²) in [6.07, 6.45) is 6.28. The second-order valence-corrected chi connectivity index (χ2v) is 9.30. The highest BCUT2D eigenvalue weighted by molar-refractivity contribution is 5.98. The number of nitrogens with one attached hydrogen (secondary N) is 1. The Hall–Kier alpha value is -3.78. The molecule has 0 bridgehead atoms. The molecular weight excluding hydrogens is 440 g/mol. The maximum atomic E-state index is 12.5. The summed E-state index contributed by atoms with van der Waals surface area (Å²) in [6.45, 7) is 2.27. The van der Waals surface area contributed by atoms with E-state index >= 15 is 0 Å². The number of hydrogen-bond donors (Lipinski definition) is 2. The predicted molar refractivity (Wildman–Crippen MR) is 135 cm³/mol. The van der Waals surface area contributed by atoms with Crippen LogP contribution in [-0.4, -0.2) is 53.4 Å². The number of benzene rings is 1. The van der Waals surface area contributed by atoms with Crippen molar-refractivity contribution in [2.45, 2.75) is 31.7 Å². The fourth-order valence-corrected chi connectivity index (χ4v) is 4.87. The van der Waals surface area contributed by atoms with Gasteiger partial charge < -0.3 is 20.9 Å². The van der Waals surface area contributed by atoms with Crippen LogP contribution < -0.4 is 16.0 Å². The summed E-state index contributed by atoms with van der Waals surface area (Å²) < 4.78 is 0. The minimum atomic E-state index is -0.506. The molecule has 8 heteroatoms. The third-order valence-electron chi connectivity index (χ3n) is 6.89. The molecular formula is C27H30N6O2. The standard InChI is InChI=1S/C27H30N6O2/c1-32-11-10-26(34)33(13-12-32)21-8-7-19(29-16-21)14-20-15-25(23(17-30-20)27(28)35)31-24-9-6-18-4-2-3-5-22(18)24/h2-5,7-8,15-17,24H,6,9-14H2,1H3,(H2,28,35)(H,30,31)/t24-/m1/s1. The van der Waals surface area contributed by atoms with Crippen molar-refractivity contribution in [3.63, 3.8) is 0 Å². The van der Waals surface area contributed by atoms with Gasteiger partial charge in [-0.15, -0.1) is 0 Å². The highest BCUT2D eigenvalue weighted by Crippen LogP contribution is 2.34. The lowest BCUT2D eigenvalue weighted by Crippen LogP contribution is -2.32. The largest absolute Gasteiger partial charge is 0.377 e. The number of hydrogen-bond acceptors (Lipinski definition) is 6. The molecule has 35 heavy (non-hydrogen) atoms. The Morgan fingerprint density at radius 1 is 1.06 bits per heavy atom. The molecule has 2 aliphatic rings. The van der Waals surface area contributed by atoms with Crippen molar-refractivity contribution in [3.8, 4) is 0 Å². The number of pyridine rings is 2. The molecule has 1 saturated heterocycles. The summed E-state index contributed by atoms with van der Waals surface area (Å²) in [5.41, 5.74) is 11.7. The number of primary amides is 1. The number of carbonyl (C=O) groups is 2. The highest BCUT2D eigenvalue weighted by atomic mass is 16.2. The Kier molecular flexibility index (Phi) is 6.46. The number of rotatable bonds is 6. The topological polar surface area (TPSA) is 104 Å². The number of carbonyl (C=O) groups excluding carboxylic acids is 2. The van der Waals surface area contributed by atoms with Crippen molar-refractivity contribution >= 4 is 23.2 Å². The number of likely N-dealkylation sites (N-methyl/N-ethyl adjacent to an activating group) is 1. The van der Waals surface area contributed by atoms with Crippen molar-refractivity contribution in [2.24, 2.45) is 5.73 Å². The van der Waals surface area contributed by atoms with Gasteiger partial charge in [0.2, 0.25) is 5.91 Å². The lowest BCUT2D eigenvalue weighted by molar-refractivity contribution is -0.118. The molecule has 5 rings (SSSR count). The van der Waals surface area contributed by atoms with Crippen molar-refractivity contribution in [1.29, 1.82) is 0 Å². The maximum Gasteiger partial charge on any atom is 0.252 e. The molecule has 0 radical (unpaired) electrons. The lowest BCUT2D eigenvalue weighted by atomic mass is 10.1. The van der Waals surface area contributed by atoms with E-state index < -0.39 is 5.91 Å². The number of fused-ring (bicyclic) bond motifs is 1. The summed E-state index contributed by atoms with van der Waals surface area (Å²) >= 11 is 0. The fraction of sp³-hybridized carbons (Fsp3) is 0.333. The number of nitrogens with zero attached hydrogens (tertiary/aromatic N) is 4. The van der Waals surface area contributed by atoms with Gasteiger partial charge in [0.15, 0.2) is 0 Å². The summed E-state index contributed by atoms with van der Waals surface area (Å²) in [7, 11) is 2.03. The molecule has 3 N–H and O–H groups in total. The van der Waals surface area contributed by atoms with Crippen LogP contribution in [0.5, 0.6) is 0 Å². The van der Waals surface area contributed by atoms with Crippen LogP contribution in [0.15, 0.2) is 54.9 Å². The molecule has 1 aliphatic heterocycles. The third-order valence-corrected chi connectivity index (χ3v) is 6.89. The van der Waals surface area contributed by atoms with Crippen molar-refractivity contribution in [1.82, 2.24) is 14.9 Å². The predicted octanol–water partition coefficient (Wildman–Crippen LogP) is 2.93. The zero-order valence-corrected chi connectivity index (χ0v) is 19.9. The van der Waals surface area contributed by atoms with Gasteiger partial charge in [-0.2, -0.15) is 0 Å². The van der Waals surface area contributed by atoms with E-state index in [1.165, 1.54) is 11.1 Å². The molecule has 0 unspecified atom stereocenters. The fourth-order valence-electron chi connectivity index (χ4n) is 4.87. The van der Waals surface area contributed by atoms with E-state index in [1.54, 1.807) is 12.4 Å². The zero-order valence-electron chi connectivity index (χ0n) is 19.9. The molecule has 1 atom stereocenters. The van der Waals surface area contributed by atoms with E-state index in [1.807, 2.05) is 36.2 Å². The number of amides is 2. The summed E-state index contributed by atoms with van der Waals surface area (Å²) in [5, 5.41) is 3.53. The van der Waals surface area contributed by atoms with Crippen LogP contribution in [0.3, 0.4) is 0 Å². The van der Waals surface area contributed by atoms with E-state index in [4.69, 9.17) is 5.73 Å². The molecule has 2 amide bonds. The molecule has 0 saturated carbocycles. The van der Waals surface area contributed by atoms with Gasteiger partial charge in [-0.05, 0) is 49.2 Å². The number of anilines is 2. The number of aromatic nitrogens is 2. The summed E-state index contributed by atoms with van der Waals surface area (Å²) in [5.74, 6) is -0.384. The molecule has 8 nitrogen and oxygen atoms in total. The third kappa shape index (κ3) is 5.02. The Morgan fingerprint density at radius 2 is 1.89 bits per heavy atom. The number of aryl methyl sites for hydroxylation is 1. The Balaban J connectivity index is 1.33. The van der Waals surface area contributed by atoms with Crippen molar-refractivity contribution < 1.29 is 9.59 Å². The first-order valence-electron chi connectivity index (χ1n) is 12.0. The van der Waals surface area contributed by atoms with Crippen molar-refractivity contribution in [3.05, 3.63) is 82.9 Å². The molecule has 1 aliphatic carbocycles. The highest BCUT2D eigenvalue weighted by Gasteiger charge is 2.24. The smallest absolute Gasteiger partial charge is 0.252 e. The lowest BCUT2D eigenvalue weighted by Gasteiger charge is -2.20. The molecule has 1 fully saturated rings. The minimum absolute atomic E-state index is 0.122. The van der Waals surface area contributed by atoms with Crippen LogP contribution in [0.2, 0.25) is 0 Å². The van der Waals surface area contributed by atoms with Gasteiger partial charge in [-0.3, -0.25) is 19.6 Å². The Morgan fingerprint density at radius 3 is 2.69 bits per heavy atom. The Bertz CT molecular complexity index is 1240. The van der Waals surface area contributed by atoms with Crippen LogP contribution in [0.1, 0.15) is 51.8 Å². The normalized spacial score (nSPS) is 18.3. The molecule has 0 spiro atoms. The van der Waals surface area contributed by atoms with E-state index in [2.05, 4.69) is 38.4 Å². The average Bonchev–Trinajstić information content (AvgIpc) is 3.18. The number of nitrogens with two attached hydrogens (primary N) is 1. The SMILES string of the molecule is CN1CCC(=O)N(c2ccc(Cc3cc(N[C@@H]4CCc5ccccc54)c(C(N)=O)cn3)nc2)CC1. The van der Waals surface area contributed by atoms with Gasteiger partial charge in [0.05, 0.1) is 29.2 Å². The molecule has 180 valence electrons. The quantitative estimate of drug-likeness (QED) is 0.574. The van der Waals surface area contributed by atoms with E-state index in [0.717, 1.165) is 43.0 Å². The van der Waals surface area contributed by atoms with Crippen LogP contribution in [0.25, 0.3) is 0 Å². The van der Waals surface area contributed by atoms with Gasteiger partial charge in [0, 0.05) is 50.1 Å².